The standard InChI is InChI=1S/C16H14Cl2O2S/c1-10-2-4-14(5-3-10)21-15(16(19)20)8-11-6-12(17)9-13(18)7-11/h2-7,9,15H,8H2,1H3,(H,19,20)/t15-/m1/s1. The average molecular weight is 341 g/mol. The summed E-state index contributed by atoms with van der Waals surface area (Å²) in [6, 6.07) is 12.9. The Bertz CT molecular complexity index is 621. The van der Waals surface area contributed by atoms with E-state index in [4.69, 9.17) is 23.2 Å². The van der Waals surface area contributed by atoms with Crippen molar-refractivity contribution in [1.82, 2.24) is 0 Å². The van der Waals surface area contributed by atoms with Crippen LogP contribution in [0, 0.1) is 6.92 Å². The van der Waals surface area contributed by atoms with Crippen molar-refractivity contribution < 1.29 is 9.90 Å². The van der Waals surface area contributed by atoms with Crippen LogP contribution in [0.15, 0.2) is 47.4 Å². The van der Waals surface area contributed by atoms with E-state index in [9.17, 15) is 9.90 Å². The molecule has 1 atom stereocenters. The molecule has 0 aliphatic heterocycles. The lowest BCUT2D eigenvalue weighted by molar-refractivity contribution is -0.136. The summed E-state index contributed by atoms with van der Waals surface area (Å²) >= 11 is 13.2. The van der Waals surface area contributed by atoms with Crippen molar-refractivity contribution >= 4 is 40.9 Å². The third kappa shape index (κ3) is 4.95. The quantitative estimate of drug-likeness (QED) is 0.770. The van der Waals surface area contributed by atoms with Gasteiger partial charge in [0, 0.05) is 14.9 Å². The van der Waals surface area contributed by atoms with Crippen LogP contribution >= 0.6 is 35.0 Å². The zero-order valence-electron chi connectivity index (χ0n) is 11.3. The van der Waals surface area contributed by atoms with Crippen LogP contribution in [0.25, 0.3) is 0 Å². The lowest BCUT2D eigenvalue weighted by Crippen LogP contribution is -2.19. The van der Waals surface area contributed by atoms with E-state index >= 15 is 0 Å². The number of thioether (sulfide) groups is 1. The highest BCUT2D eigenvalue weighted by atomic mass is 35.5. The van der Waals surface area contributed by atoms with Gasteiger partial charge in [-0.15, -0.1) is 11.8 Å². The van der Waals surface area contributed by atoms with Crippen molar-refractivity contribution in [3.05, 3.63) is 63.6 Å². The lowest BCUT2D eigenvalue weighted by Gasteiger charge is -2.13. The van der Waals surface area contributed by atoms with Crippen LogP contribution in [0.1, 0.15) is 11.1 Å². The molecule has 5 heteroatoms. The molecule has 0 unspecified atom stereocenters. The van der Waals surface area contributed by atoms with Crippen molar-refractivity contribution in [2.24, 2.45) is 0 Å². The van der Waals surface area contributed by atoms with Crippen molar-refractivity contribution in [1.29, 1.82) is 0 Å². The Balaban J connectivity index is 2.15. The molecule has 2 aromatic carbocycles. The first-order valence-electron chi connectivity index (χ1n) is 6.35. The smallest absolute Gasteiger partial charge is 0.317 e. The topological polar surface area (TPSA) is 37.3 Å². The number of aliphatic carboxylic acids is 1. The fourth-order valence-corrected chi connectivity index (χ4v) is 3.47. The van der Waals surface area contributed by atoms with Crippen molar-refractivity contribution in [2.45, 2.75) is 23.5 Å². The number of benzene rings is 2. The molecule has 0 aliphatic rings. The van der Waals surface area contributed by atoms with Gasteiger partial charge in [0.25, 0.3) is 0 Å². The summed E-state index contributed by atoms with van der Waals surface area (Å²) in [6.45, 7) is 2.00. The minimum atomic E-state index is -0.850. The maximum Gasteiger partial charge on any atom is 0.317 e. The Labute approximate surface area is 138 Å². The second-order valence-corrected chi connectivity index (χ2v) is 6.89. The van der Waals surface area contributed by atoms with Gasteiger partial charge in [0.2, 0.25) is 0 Å². The normalized spacial score (nSPS) is 12.1. The minimum absolute atomic E-state index is 0.369. The van der Waals surface area contributed by atoms with Crippen LogP contribution in [0.2, 0.25) is 10.0 Å². The molecular formula is C16H14Cl2O2S. The van der Waals surface area contributed by atoms with E-state index in [2.05, 4.69) is 0 Å². The van der Waals surface area contributed by atoms with E-state index < -0.39 is 11.2 Å². The maximum absolute atomic E-state index is 11.5. The Kier molecular flexibility index (Phi) is 5.57. The third-order valence-electron chi connectivity index (χ3n) is 2.92. The van der Waals surface area contributed by atoms with E-state index in [1.54, 1.807) is 18.2 Å². The molecule has 0 bridgehead atoms. The molecule has 2 aromatic rings. The van der Waals surface area contributed by atoms with E-state index in [0.717, 1.165) is 16.0 Å². The summed E-state index contributed by atoms with van der Waals surface area (Å²) in [5.41, 5.74) is 1.97. The Morgan fingerprint density at radius 3 is 2.24 bits per heavy atom. The monoisotopic (exact) mass is 340 g/mol. The van der Waals surface area contributed by atoms with Crippen LogP contribution in [0.3, 0.4) is 0 Å². The Hall–Kier alpha value is -1.16. The summed E-state index contributed by atoms with van der Waals surface area (Å²) < 4.78 is 0. The van der Waals surface area contributed by atoms with E-state index in [0.29, 0.717) is 16.5 Å². The van der Waals surface area contributed by atoms with Crippen LogP contribution in [0.4, 0.5) is 0 Å². The second kappa shape index (κ2) is 7.21. The largest absolute Gasteiger partial charge is 0.480 e. The van der Waals surface area contributed by atoms with Crippen molar-refractivity contribution in [3.8, 4) is 0 Å². The van der Waals surface area contributed by atoms with E-state index in [1.165, 1.54) is 11.8 Å². The average Bonchev–Trinajstić information content (AvgIpc) is 2.39. The van der Waals surface area contributed by atoms with Crippen LogP contribution in [-0.2, 0) is 11.2 Å². The second-order valence-electron chi connectivity index (χ2n) is 4.74. The summed E-state index contributed by atoms with van der Waals surface area (Å²) in [5, 5.41) is 9.85. The van der Waals surface area contributed by atoms with Gasteiger partial charge in [0.15, 0.2) is 0 Å². The number of halogens is 2. The number of carboxylic acid groups (broad SMARTS) is 1. The Morgan fingerprint density at radius 1 is 1.14 bits per heavy atom. The number of carboxylic acids is 1. The number of hydrogen-bond donors (Lipinski definition) is 1. The van der Waals surface area contributed by atoms with Crippen LogP contribution in [0.5, 0.6) is 0 Å². The predicted octanol–water partition coefficient (Wildman–Crippen LogP) is 5.09. The number of aryl methyl sites for hydroxylation is 1. The fraction of sp³-hybridized carbons (Fsp3) is 0.188. The van der Waals surface area contributed by atoms with Gasteiger partial charge >= 0.3 is 5.97 Å². The molecule has 1 N–H and O–H groups in total. The first-order chi connectivity index (χ1) is 9.94. The van der Waals surface area contributed by atoms with E-state index in [-0.39, 0.29) is 0 Å². The van der Waals surface area contributed by atoms with Gasteiger partial charge in [-0.2, -0.15) is 0 Å². The highest BCUT2D eigenvalue weighted by Crippen LogP contribution is 2.28. The molecule has 0 spiro atoms. The molecule has 21 heavy (non-hydrogen) atoms. The molecule has 110 valence electrons. The van der Waals surface area contributed by atoms with Crippen LogP contribution < -0.4 is 0 Å². The molecular weight excluding hydrogens is 327 g/mol. The third-order valence-corrected chi connectivity index (χ3v) is 4.55. The Morgan fingerprint density at radius 2 is 1.71 bits per heavy atom. The fourth-order valence-electron chi connectivity index (χ4n) is 1.90. The minimum Gasteiger partial charge on any atom is -0.480 e. The SMILES string of the molecule is Cc1ccc(S[C@H](Cc2cc(Cl)cc(Cl)c2)C(=O)O)cc1. The molecule has 0 aromatic heterocycles. The van der Waals surface area contributed by atoms with Gasteiger partial charge in [0.05, 0.1) is 0 Å². The van der Waals surface area contributed by atoms with Gasteiger partial charge in [-0.1, -0.05) is 40.9 Å². The van der Waals surface area contributed by atoms with Gasteiger partial charge in [-0.3, -0.25) is 4.79 Å². The first-order valence-corrected chi connectivity index (χ1v) is 7.98. The van der Waals surface area contributed by atoms with Crippen molar-refractivity contribution in [3.63, 3.8) is 0 Å². The molecule has 0 amide bonds. The lowest BCUT2D eigenvalue weighted by atomic mass is 10.1. The summed E-state index contributed by atoms with van der Waals surface area (Å²) in [7, 11) is 0. The molecule has 0 saturated heterocycles. The maximum atomic E-state index is 11.5. The predicted molar refractivity (Wildman–Crippen MR) is 88.6 cm³/mol. The highest BCUT2D eigenvalue weighted by molar-refractivity contribution is 8.00. The van der Waals surface area contributed by atoms with Gasteiger partial charge in [-0.05, 0) is 49.2 Å². The summed E-state index contributed by atoms with van der Waals surface area (Å²) in [6.07, 6.45) is 0.369. The van der Waals surface area contributed by atoms with Crippen LogP contribution in [-0.4, -0.2) is 16.3 Å². The summed E-state index contributed by atoms with van der Waals surface area (Å²) in [4.78, 5) is 12.4. The molecule has 0 fully saturated rings. The molecule has 0 heterocycles. The van der Waals surface area contributed by atoms with E-state index in [1.807, 2.05) is 31.2 Å². The molecule has 2 nitrogen and oxygen atoms in total. The number of carbonyl (C=O) groups is 1. The molecule has 0 saturated carbocycles. The van der Waals surface area contributed by atoms with Gasteiger partial charge < -0.3 is 5.11 Å². The van der Waals surface area contributed by atoms with Crippen molar-refractivity contribution in [2.75, 3.05) is 0 Å². The van der Waals surface area contributed by atoms with Gasteiger partial charge in [0.1, 0.15) is 5.25 Å². The number of hydrogen-bond acceptors (Lipinski definition) is 2. The van der Waals surface area contributed by atoms with Gasteiger partial charge in [-0.25, -0.2) is 0 Å². The molecule has 0 radical (unpaired) electrons. The summed E-state index contributed by atoms with van der Waals surface area (Å²) in [5.74, 6) is -0.850. The zero-order valence-corrected chi connectivity index (χ0v) is 13.7. The highest BCUT2D eigenvalue weighted by Gasteiger charge is 2.20. The zero-order chi connectivity index (χ0) is 15.4. The first kappa shape index (κ1) is 16.2. The molecule has 0 aliphatic carbocycles. The number of rotatable bonds is 5. The molecule has 2 rings (SSSR count).